The summed E-state index contributed by atoms with van der Waals surface area (Å²) in [4.78, 5) is 22.8. The second-order valence-corrected chi connectivity index (χ2v) is 6.70. The monoisotopic (exact) mass is 321 g/mol. The number of nitrogens with one attached hydrogen (secondary N) is 2. The van der Waals surface area contributed by atoms with Crippen molar-refractivity contribution in [3.05, 3.63) is 35.4 Å². The fourth-order valence-corrected chi connectivity index (χ4v) is 2.11. The summed E-state index contributed by atoms with van der Waals surface area (Å²) in [6.45, 7) is 6.95. The van der Waals surface area contributed by atoms with Crippen molar-refractivity contribution in [2.75, 3.05) is 0 Å². The normalized spacial score (nSPS) is 12.6. The van der Waals surface area contributed by atoms with Gasteiger partial charge in [-0.2, -0.15) is 0 Å². The first kappa shape index (κ1) is 19.1. The van der Waals surface area contributed by atoms with E-state index in [9.17, 15) is 9.59 Å². The molecule has 0 heterocycles. The molecule has 1 aromatic rings. The first-order valence-corrected chi connectivity index (χ1v) is 7.79. The van der Waals surface area contributed by atoms with Gasteiger partial charge < -0.3 is 11.1 Å². The molecular weight excluding hydrogens is 294 g/mol. The standard InChI is InChI=1S/C17H27N3O3/c1-17(2,3)13-9-7-12(8-10-13)11-19-15(21)6-4-5-14(18)16(22)20-23/h7-10,14,23H,4-6,11,18H2,1-3H3,(H,19,21)(H,20,22)/t14-/m0/s1. The molecule has 0 bridgehead atoms. The third kappa shape index (κ3) is 6.80. The van der Waals surface area contributed by atoms with Crippen molar-refractivity contribution >= 4 is 11.8 Å². The average Bonchev–Trinajstić information content (AvgIpc) is 2.51. The molecule has 128 valence electrons. The first-order valence-electron chi connectivity index (χ1n) is 7.79. The molecule has 0 aromatic heterocycles. The van der Waals surface area contributed by atoms with Crippen LogP contribution < -0.4 is 16.5 Å². The molecule has 0 aliphatic heterocycles. The Morgan fingerprint density at radius 3 is 2.35 bits per heavy atom. The molecule has 0 unspecified atom stereocenters. The van der Waals surface area contributed by atoms with E-state index in [0.717, 1.165) is 5.56 Å². The minimum Gasteiger partial charge on any atom is -0.352 e. The van der Waals surface area contributed by atoms with Crippen molar-refractivity contribution in [1.29, 1.82) is 0 Å². The van der Waals surface area contributed by atoms with E-state index >= 15 is 0 Å². The van der Waals surface area contributed by atoms with Gasteiger partial charge >= 0.3 is 0 Å². The van der Waals surface area contributed by atoms with Gasteiger partial charge in [0, 0.05) is 13.0 Å². The summed E-state index contributed by atoms with van der Waals surface area (Å²) in [5.41, 5.74) is 9.43. The summed E-state index contributed by atoms with van der Waals surface area (Å²) in [5.74, 6) is -0.717. The highest BCUT2D eigenvalue weighted by molar-refractivity contribution is 5.80. The number of hydrogen-bond acceptors (Lipinski definition) is 4. The lowest BCUT2D eigenvalue weighted by atomic mass is 9.87. The maximum absolute atomic E-state index is 11.8. The third-order valence-corrected chi connectivity index (χ3v) is 3.68. The molecule has 0 aliphatic carbocycles. The van der Waals surface area contributed by atoms with Crippen molar-refractivity contribution in [2.45, 2.75) is 58.0 Å². The molecular formula is C17H27N3O3. The molecule has 5 N–H and O–H groups in total. The van der Waals surface area contributed by atoms with E-state index in [0.29, 0.717) is 25.8 Å². The van der Waals surface area contributed by atoms with E-state index < -0.39 is 11.9 Å². The summed E-state index contributed by atoms with van der Waals surface area (Å²) >= 11 is 0. The number of amides is 2. The van der Waals surface area contributed by atoms with Crippen LogP contribution >= 0.6 is 0 Å². The zero-order valence-electron chi connectivity index (χ0n) is 14.1. The number of hydroxylamine groups is 1. The Morgan fingerprint density at radius 2 is 1.83 bits per heavy atom. The predicted octanol–water partition coefficient (Wildman–Crippen LogP) is 1.60. The van der Waals surface area contributed by atoms with E-state index in [-0.39, 0.29) is 11.3 Å². The topological polar surface area (TPSA) is 104 Å². The van der Waals surface area contributed by atoms with Gasteiger partial charge in [0.25, 0.3) is 5.91 Å². The Balaban J connectivity index is 2.32. The summed E-state index contributed by atoms with van der Waals surface area (Å²) in [7, 11) is 0. The van der Waals surface area contributed by atoms with Crippen molar-refractivity contribution in [2.24, 2.45) is 5.73 Å². The summed E-state index contributed by atoms with van der Waals surface area (Å²) in [6, 6.07) is 7.39. The van der Waals surface area contributed by atoms with Gasteiger partial charge in [-0.15, -0.1) is 0 Å². The van der Waals surface area contributed by atoms with Crippen LogP contribution in [0.4, 0.5) is 0 Å². The predicted molar refractivity (Wildman–Crippen MR) is 88.7 cm³/mol. The van der Waals surface area contributed by atoms with Gasteiger partial charge in [0.1, 0.15) is 0 Å². The second kappa shape index (κ2) is 8.64. The molecule has 0 fully saturated rings. The highest BCUT2D eigenvalue weighted by Gasteiger charge is 2.14. The van der Waals surface area contributed by atoms with E-state index in [1.807, 2.05) is 12.1 Å². The maximum Gasteiger partial charge on any atom is 0.260 e. The Morgan fingerprint density at radius 1 is 1.22 bits per heavy atom. The number of carbonyl (C=O) groups is 2. The number of benzene rings is 1. The van der Waals surface area contributed by atoms with Crippen LogP contribution in [0.25, 0.3) is 0 Å². The molecule has 6 nitrogen and oxygen atoms in total. The fraction of sp³-hybridized carbons (Fsp3) is 0.529. The minimum absolute atomic E-state index is 0.0819. The van der Waals surface area contributed by atoms with E-state index in [4.69, 9.17) is 10.9 Å². The van der Waals surface area contributed by atoms with Gasteiger partial charge in [0.15, 0.2) is 0 Å². The lowest BCUT2D eigenvalue weighted by molar-refractivity contribution is -0.131. The molecule has 1 aromatic carbocycles. The van der Waals surface area contributed by atoms with Crippen LogP contribution in [0.1, 0.15) is 51.2 Å². The smallest absolute Gasteiger partial charge is 0.260 e. The molecule has 0 aliphatic rings. The average molecular weight is 321 g/mol. The van der Waals surface area contributed by atoms with Gasteiger partial charge in [-0.25, -0.2) is 5.48 Å². The highest BCUT2D eigenvalue weighted by Crippen LogP contribution is 2.22. The lowest BCUT2D eigenvalue weighted by Gasteiger charge is -2.19. The van der Waals surface area contributed by atoms with E-state index in [2.05, 4.69) is 38.2 Å². The molecule has 23 heavy (non-hydrogen) atoms. The Labute approximate surface area is 137 Å². The zero-order chi connectivity index (χ0) is 17.5. The number of carbonyl (C=O) groups excluding carboxylic acids is 2. The van der Waals surface area contributed by atoms with E-state index in [1.165, 1.54) is 11.0 Å². The summed E-state index contributed by atoms with van der Waals surface area (Å²) < 4.78 is 0. The second-order valence-electron chi connectivity index (χ2n) is 6.70. The fourth-order valence-electron chi connectivity index (χ4n) is 2.11. The van der Waals surface area contributed by atoms with Crippen LogP contribution in [0.3, 0.4) is 0 Å². The quantitative estimate of drug-likeness (QED) is 0.452. The van der Waals surface area contributed by atoms with E-state index in [1.54, 1.807) is 0 Å². The lowest BCUT2D eigenvalue weighted by Crippen LogP contribution is -2.39. The van der Waals surface area contributed by atoms with Gasteiger partial charge in [0.2, 0.25) is 5.91 Å². The number of rotatable bonds is 7. The molecule has 1 rings (SSSR count). The Hall–Kier alpha value is -1.92. The molecule has 0 saturated heterocycles. The van der Waals surface area contributed by atoms with Crippen molar-refractivity contribution in [3.8, 4) is 0 Å². The van der Waals surface area contributed by atoms with Crippen molar-refractivity contribution in [3.63, 3.8) is 0 Å². The number of nitrogens with two attached hydrogens (primary N) is 1. The van der Waals surface area contributed by atoms with Gasteiger partial charge in [0.05, 0.1) is 6.04 Å². The largest absolute Gasteiger partial charge is 0.352 e. The first-order chi connectivity index (χ1) is 10.7. The summed E-state index contributed by atoms with van der Waals surface area (Å²) in [6.07, 6.45) is 1.13. The molecule has 1 atom stereocenters. The zero-order valence-corrected chi connectivity index (χ0v) is 14.1. The van der Waals surface area contributed by atoms with Gasteiger partial charge in [-0.3, -0.25) is 14.8 Å². The Kier molecular flexibility index (Phi) is 7.19. The minimum atomic E-state index is -0.794. The third-order valence-electron chi connectivity index (χ3n) is 3.68. The molecule has 0 spiro atoms. The number of hydrogen-bond donors (Lipinski definition) is 4. The maximum atomic E-state index is 11.8. The van der Waals surface area contributed by atoms with Crippen LogP contribution in [-0.4, -0.2) is 23.1 Å². The van der Waals surface area contributed by atoms with Gasteiger partial charge in [-0.1, -0.05) is 45.0 Å². The molecule has 0 saturated carbocycles. The van der Waals surface area contributed by atoms with Crippen molar-refractivity contribution in [1.82, 2.24) is 10.8 Å². The van der Waals surface area contributed by atoms with Crippen LogP contribution in [0.15, 0.2) is 24.3 Å². The SMILES string of the molecule is CC(C)(C)c1ccc(CNC(=O)CCC[C@H](N)C(=O)NO)cc1. The molecule has 2 amide bonds. The summed E-state index contributed by atoms with van der Waals surface area (Å²) in [5, 5.41) is 11.3. The molecule has 0 radical (unpaired) electrons. The van der Waals surface area contributed by atoms with Crippen molar-refractivity contribution < 1.29 is 14.8 Å². The van der Waals surface area contributed by atoms with Crippen LogP contribution in [0.2, 0.25) is 0 Å². The van der Waals surface area contributed by atoms with Gasteiger partial charge in [-0.05, 0) is 29.4 Å². The van der Waals surface area contributed by atoms with Crippen LogP contribution in [0, 0.1) is 0 Å². The molecule has 6 heteroatoms. The highest BCUT2D eigenvalue weighted by atomic mass is 16.5. The Bertz CT molecular complexity index is 521. The van der Waals surface area contributed by atoms with Crippen LogP contribution in [-0.2, 0) is 21.5 Å². The van der Waals surface area contributed by atoms with Crippen LogP contribution in [0.5, 0.6) is 0 Å².